The van der Waals surface area contributed by atoms with Gasteiger partial charge in [0.1, 0.15) is 5.82 Å². The third-order valence-corrected chi connectivity index (χ3v) is 4.93. The molecule has 0 radical (unpaired) electrons. The summed E-state index contributed by atoms with van der Waals surface area (Å²) >= 11 is 12.0. The van der Waals surface area contributed by atoms with Gasteiger partial charge in [0.25, 0.3) is 0 Å². The second kappa shape index (κ2) is 7.47. The Hall–Kier alpha value is -2.75. The molecule has 0 spiro atoms. The van der Waals surface area contributed by atoms with Crippen LogP contribution in [0.15, 0.2) is 77.8 Å². The molecule has 3 aromatic carbocycles. The average Bonchev–Trinajstić information content (AvgIpc) is 2.95. The maximum Gasteiger partial charge on any atom is 0.120 e. The van der Waals surface area contributed by atoms with E-state index < -0.39 is 0 Å². The zero-order valence-electron chi connectivity index (χ0n) is 14.7. The van der Waals surface area contributed by atoms with E-state index in [1.165, 1.54) is 0 Å². The third-order valence-electron chi connectivity index (χ3n) is 4.42. The summed E-state index contributed by atoms with van der Waals surface area (Å²) < 4.78 is 2.13. The first-order valence-corrected chi connectivity index (χ1v) is 9.27. The van der Waals surface area contributed by atoms with E-state index in [-0.39, 0.29) is 0 Å². The molecule has 0 atom stereocenters. The van der Waals surface area contributed by atoms with Crippen LogP contribution in [0.5, 0.6) is 0 Å². The minimum Gasteiger partial charge on any atom is -0.341 e. The van der Waals surface area contributed by atoms with Crippen molar-refractivity contribution in [2.75, 3.05) is 5.32 Å². The zero-order chi connectivity index (χ0) is 18.8. The molecule has 5 heteroatoms. The number of rotatable bonds is 4. The van der Waals surface area contributed by atoms with Crippen molar-refractivity contribution in [1.29, 1.82) is 0 Å². The highest BCUT2D eigenvalue weighted by Gasteiger charge is 2.13. The molecule has 4 rings (SSSR count). The predicted octanol–water partition coefficient (Wildman–Crippen LogP) is 6.98. The molecular formula is C22H17Cl2N3. The van der Waals surface area contributed by atoms with Gasteiger partial charge in [0, 0.05) is 39.9 Å². The molecule has 4 aromatic rings. The maximum absolute atomic E-state index is 6.01. The van der Waals surface area contributed by atoms with Crippen LogP contribution in [0.4, 0.5) is 17.2 Å². The lowest BCUT2D eigenvalue weighted by molar-refractivity contribution is 0.976. The topological polar surface area (TPSA) is 29.3 Å². The number of benzene rings is 3. The Kier molecular flexibility index (Phi) is 4.88. The normalized spacial score (nSPS) is 11.4. The summed E-state index contributed by atoms with van der Waals surface area (Å²) in [5, 5.41) is 6.04. The van der Waals surface area contributed by atoms with Crippen LogP contribution in [0.2, 0.25) is 10.0 Å². The maximum atomic E-state index is 6.01. The summed E-state index contributed by atoms with van der Waals surface area (Å²) in [6, 6.07) is 23.4. The number of halogens is 2. The van der Waals surface area contributed by atoms with Crippen LogP contribution in [0, 0.1) is 0 Å². The first-order chi connectivity index (χ1) is 13.1. The van der Waals surface area contributed by atoms with E-state index in [4.69, 9.17) is 23.2 Å². The number of aromatic nitrogens is 1. The van der Waals surface area contributed by atoms with E-state index in [1.807, 2.05) is 73.9 Å². The highest BCUT2D eigenvalue weighted by Crippen LogP contribution is 2.31. The van der Waals surface area contributed by atoms with Gasteiger partial charge in [-0.25, -0.2) is 0 Å². The molecule has 0 fully saturated rings. The molecule has 134 valence electrons. The molecule has 1 aromatic heterocycles. The van der Waals surface area contributed by atoms with Gasteiger partial charge in [-0.2, -0.15) is 0 Å². The number of aryl methyl sites for hydroxylation is 1. The summed E-state index contributed by atoms with van der Waals surface area (Å²) in [5.41, 5.74) is 3.97. The van der Waals surface area contributed by atoms with E-state index in [2.05, 4.69) is 27.0 Å². The fraction of sp³-hybridized carbons (Fsp3) is 0.0455. The lowest BCUT2D eigenvalue weighted by Gasteiger charge is -2.09. The number of nitrogens with one attached hydrogen (secondary N) is 1. The Labute approximate surface area is 167 Å². The summed E-state index contributed by atoms with van der Waals surface area (Å²) in [4.78, 5) is 4.64. The highest BCUT2D eigenvalue weighted by atomic mass is 35.5. The van der Waals surface area contributed by atoms with Gasteiger partial charge in [0.15, 0.2) is 0 Å². The van der Waals surface area contributed by atoms with Crippen LogP contribution in [0.3, 0.4) is 0 Å². The fourth-order valence-corrected chi connectivity index (χ4v) is 3.29. The molecule has 0 unspecified atom stereocenters. The van der Waals surface area contributed by atoms with Gasteiger partial charge in [-0.3, -0.25) is 4.99 Å². The number of anilines is 2. The van der Waals surface area contributed by atoms with Crippen LogP contribution in [0.1, 0.15) is 5.56 Å². The summed E-state index contributed by atoms with van der Waals surface area (Å²) in [6.07, 6.45) is 1.89. The van der Waals surface area contributed by atoms with Crippen LogP contribution in [-0.4, -0.2) is 10.8 Å². The van der Waals surface area contributed by atoms with E-state index in [9.17, 15) is 0 Å². The first kappa shape index (κ1) is 17.7. The number of aliphatic imine (C=N–C) groups is 1. The van der Waals surface area contributed by atoms with Crippen LogP contribution in [-0.2, 0) is 7.05 Å². The van der Waals surface area contributed by atoms with Crippen LogP contribution >= 0.6 is 23.2 Å². The third kappa shape index (κ3) is 3.70. The smallest absolute Gasteiger partial charge is 0.120 e. The standard InChI is InChI=1S/C22H17Cl2N3/c1-27-21-5-3-2-4-19(21)20(14-25-17-10-6-15(23)7-11-17)22(27)26-18-12-8-16(24)9-13-18/h2-14,26H,1H3. The molecule has 0 amide bonds. The Morgan fingerprint density at radius 3 is 2.19 bits per heavy atom. The Morgan fingerprint density at radius 2 is 1.48 bits per heavy atom. The Bertz CT molecular complexity index is 1110. The summed E-state index contributed by atoms with van der Waals surface area (Å²) in [5.74, 6) is 0.969. The molecule has 1 N–H and O–H groups in total. The van der Waals surface area contributed by atoms with Gasteiger partial charge in [-0.15, -0.1) is 0 Å². The van der Waals surface area contributed by atoms with E-state index in [0.717, 1.165) is 33.7 Å². The molecule has 1 heterocycles. The molecule has 0 aliphatic heterocycles. The van der Waals surface area contributed by atoms with Crippen molar-refractivity contribution in [2.24, 2.45) is 12.0 Å². The van der Waals surface area contributed by atoms with Gasteiger partial charge in [0.05, 0.1) is 11.2 Å². The number of fused-ring (bicyclic) bond motifs is 1. The first-order valence-electron chi connectivity index (χ1n) is 8.51. The molecule has 3 nitrogen and oxygen atoms in total. The Balaban J connectivity index is 1.79. The predicted molar refractivity (Wildman–Crippen MR) is 116 cm³/mol. The molecule has 0 saturated heterocycles. The van der Waals surface area contributed by atoms with Crippen molar-refractivity contribution in [1.82, 2.24) is 4.57 Å². The fourth-order valence-electron chi connectivity index (χ4n) is 3.04. The number of hydrogen-bond donors (Lipinski definition) is 1. The minimum absolute atomic E-state index is 0.698. The van der Waals surface area contributed by atoms with Crippen molar-refractivity contribution in [3.63, 3.8) is 0 Å². The lowest BCUT2D eigenvalue weighted by atomic mass is 10.2. The average molecular weight is 394 g/mol. The van der Waals surface area contributed by atoms with E-state index in [1.54, 1.807) is 0 Å². The Morgan fingerprint density at radius 1 is 0.852 bits per heavy atom. The second-order valence-corrected chi connectivity index (χ2v) is 7.08. The van der Waals surface area contributed by atoms with Gasteiger partial charge >= 0.3 is 0 Å². The molecule has 0 saturated carbocycles. The van der Waals surface area contributed by atoms with Gasteiger partial charge in [-0.1, -0.05) is 41.4 Å². The molecular weight excluding hydrogens is 377 g/mol. The van der Waals surface area contributed by atoms with Crippen molar-refractivity contribution in [3.8, 4) is 0 Å². The van der Waals surface area contributed by atoms with Gasteiger partial charge < -0.3 is 9.88 Å². The largest absolute Gasteiger partial charge is 0.341 e. The zero-order valence-corrected chi connectivity index (χ0v) is 16.2. The van der Waals surface area contributed by atoms with Gasteiger partial charge in [-0.05, 0) is 54.6 Å². The monoisotopic (exact) mass is 393 g/mol. The van der Waals surface area contributed by atoms with Gasteiger partial charge in [0.2, 0.25) is 0 Å². The number of nitrogens with zero attached hydrogens (tertiary/aromatic N) is 2. The van der Waals surface area contributed by atoms with E-state index in [0.29, 0.717) is 10.0 Å². The SMILES string of the molecule is Cn1c(Nc2ccc(Cl)cc2)c(C=Nc2ccc(Cl)cc2)c2ccccc21. The highest BCUT2D eigenvalue weighted by molar-refractivity contribution is 6.30. The summed E-state index contributed by atoms with van der Waals surface area (Å²) in [6.45, 7) is 0. The number of para-hydroxylation sites is 1. The molecule has 0 aliphatic carbocycles. The van der Waals surface area contributed by atoms with Crippen molar-refractivity contribution in [2.45, 2.75) is 0 Å². The lowest BCUT2D eigenvalue weighted by Crippen LogP contribution is -2.00. The quantitative estimate of drug-likeness (QED) is 0.372. The van der Waals surface area contributed by atoms with Crippen molar-refractivity contribution >= 4 is 57.5 Å². The van der Waals surface area contributed by atoms with Crippen LogP contribution < -0.4 is 5.32 Å². The van der Waals surface area contributed by atoms with E-state index >= 15 is 0 Å². The molecule has 0 aliphatic rings. The minimum atomic E-state index is 0.698. The van der Waals surface area contributed by atoms with Crippen molar-refractivity contribution in [3.05, 3.63) is 88.4 Å². The molecule has 0 bridgehead atoms. The van der Waals surface area contributed by atoms with Crippen LogP contribution in [0.25, 0.3) is 10.9 Å². The number of hydrogen-bond acceptors (Lipinski definition) is 2. The second-order valence-electron chi connectivity index (χ2n) is 6.20. The molecule has 27 heavy (non-hydrogen) atoms. The van der Waals surface area contributed by atoms with Crippen molar-refractivity contribution < 1.29 is 0 Å². The summed E-state index contributed by atoms with van der Waals surface area (Å²) in [7, 11) is 2.04.